The zero-order valence-electron chi connectivity index (χ0n) is 14.9. The molecule has 1 N–H and O–H groups in total. The second-order valence-electron chi connectivity index (χ2n) is 5.84. The smallest absolute Gasteiger partial charge is 0.331 e. The molecule has 0 fully saturated rings. The first-order valence-electron chi connectivity index (χ1n) is 8.32. The van der Waals surface area contributed by atoms with E-state index in [-0.39, 0.29) is 10.9 Å². The molecule has 3 rings (SSSR count). The molecule has 3 aromatic rings. The minimum absolute atomic E-state index is 0.0651. The number of pyridine rings is 1. The quantitative estimate of drug-likeness (QED) is 0.391. The van der Waals surface area contributed by atoms with Crippen LogP contribution in [0.15, 0.2) is 54.7 Å². The zero-order valence-corrected chi connectivity index (χ0v) is 15.6. The van der Waals surface area contributed by atoms with Crippen LogP contribution in [0.2, 0.25) is 5.15 Å². The summed E-state index contributed by atoms with van der Waals surface area (Å²) in [6.07, 6.45) is 4.42. The van der Waals surface area contributed by atoms with Gasteiger partial charge in [-0.2, -0.15) is 0 Å². The first-order chi connectivity index (χ1) is 13.4. The number of anilines is 1. The molecule has 1 amide bonds. The maximum atomic E-state index is 11.9. The van der Waals surface area contributed by atoms with Crippen LogP contribution in [0.25, 0.3) is 11.7 Å². The number of fused-ring (bicyclic) bond motifs is 1. The number of amides is 1. The van der Waals surface area contributed by atoms with Gasteiger partial charge in [-0.3, -0.25) is 14.0 Å². The van der Waals surface area contributed by atoms with Gasteiger partial charge in [-0.1, -0.05) is 17.7 Å². The molecule has 0 unspecified atom stereocenters. The number of carbonyl (C=O) groups excluding carboxylic acids is 3. The second-order valence-corrected chi connectivity index (χ2v) is 6.20. The summed E-state index contributed by atoms with van der Waals surface area (Å²) in [5.74, 6) is -1.25. The lowest BCUT2D eigenvalue weighted by molar-refractivity contribution is -0.142. The third kappa shape index (κ3) is 4.63. The van der Waals surface area contributed by atoms with Gasteiger partial charge in [0.25, 0.3) is 5.91 Å². The number of Topliss-reactive ketones (excluding diaryl/α,β-unsaturated/α-hetero) is 1. The summed E-state index contributed by atoms with van der Waals surface area (Å²) in [6.45, 7) is 1.01. The van der Waals surface area contributed by atoms with E-state index >= 15 is 0 Å². The maximum Gasteiger partial charge on any atom is 0.331 e. The molecule has 0 radical (unpaired) electrons. The minimum Gasteiger partial charge on any atom is -0.452 e. The fourth-order valence-electron chi connectivity index (χ4n) is 2.45. The van der Waals surface area contributed by atoms with Gasteiger partial charge in [-0.15, -0.1) is 0 Å². The van der Waals surface area contributed by atoms with Crippen LogP contribution in [-0.2, 0) is 14.3 Å². The van der Waals surface area contributed by atoms with E-state index in [1.807, 2.05) is 12.1 Å². The van der Waals surface area contributed by atoms with E-state index in [2.05, 4.69) is 10.3 Å². The molecular weight excluding hydrogens is 382 g/mol. The molecule has 28 heavy (non-hydrogen) atoms. The van der Waals surface area contributed by atoms with Crippen molar-refractivity contribution in [3.05, 3.63) is 71.1 Å². The van der Waals surface area contributed by atoms with Crippen molar-refractivity contribution in [3.8, 4) is 0 Å². The van der Waals surface area contributed by atoms with Crippen LogP contribution in [0.4, 0.5) is 5.69 Å². The van der Waals surface area contributed by atoms with E-state index < -0.39 is 18.5 Å². The van der Waals surface area contributed by atoms with Crippen molar-refractivity contribution in [2.45, 2.75) is 6.92 Å². The van der Waals surface area contributed by atoms with Crippen molar-refractivity contribution in [3.63, 3.8) is 0 Å². The van der Waals surface area contributed by atoms with Crippen molar-refractivity contribution in [2.24, 2.45) is 0 Å². The van der Waals surface area contributed by atoms with Gasteiger partial charge in [-0.05, 0) is 49.4 Å². The standard InChI is InChI=1S/C20H16ClN3O4/c1-13(25)14-5-7-15(8-6-14)22-18(26)12-28-19(27)10-9-16-20(21)23-17-4-2-3-11-24(16)17/h2-11H,12H2,1H3,(H,22,26)/b10-9+. The number of halogens is 1. The Morgan fingerprint density at radius 3 is 2.64 bits per heavy atom. The molecule has 0 aliphatic heterocycles. The van der Waals surface area contributed by atoms with Gasteiger partial charge in [0.15, 0.2) is 17.5 Å². The third-order valence-electron chi connectivity index (χ3n) is 3.82. The molecule has 0 aliphatic rings. The molecule has 0 bridgehead atoms. The van der Waals surface area contributed by atoms with Crippen LogP contribution in [-0.4, -0.2) is 33.7 Å². The van der Waals surface area contributed by atoms with Gasteiger partial charge >= 0.3 is 5.97 Å². The Morgan fingerprint density at radius 2 is 1.93 bits per heavy atom. The summed E-state index contributed by atoms with van der Waals surface area (Å²) in [6, 6.07) is 11.8. The highest BCUT2D eigenvalue weighted by Crippen LogP contribution is 2.18. The molecule has 2 aromatic heterocycles. The minimum atomic E-state index is -0.691. The SMILES string of the molecule is CC(=O)c1ccc(NC(=O)COC(=O)/C=C/c2c(Cl)nc3ccccn23)cc1. The zero-order chi connectivity index (χ0) is 20.1. The van der Waals surface area contributed by atoms with Gasteiger partial charge in [-0.25, -0.2) is 9.78 Å². The molecular formula is C20H16ClN3O4. The van der Waals surface area contributed by atoms with E-state index in [0.717, 1.165) is 0 Å². The highest BCUT2D eigenvalue weighted by molar-refractivity contribution is 6.31. The Bertz CT molecular complexity index is 1070. The van der Waals surface area contributed by atoms with Crippen LogP contribution in [0.3, 0.4) is 0 Å². The summed E-state index contributed by atoms with van der Waals surface area (Å²) in [5, 5.41) is 2.83. The lowest BCUT2D eigenvalue weighted by Gasteiger charge is -2.06. The number of hydrogen-bond acceptors (Lipinski definition) is 5. The Hall–Kier alpha value is -3.45. The molecule has 0 aliphatic carbocycles. The first-order valence-corrected chi connectivity index (χ1v) is 8.70. The Kier molecular flexibility index (Phi) is 5.86. The summed E-state index contributed by atoms with van der Waals surface area (Å²) < 4.78 is 6.65. The Morgan fingerprint density at radius 1 is 1.18 bits per heavy atom. The average molecular weight is 398 g/mol. The molecule has 0 atom stereocenters. The number of benzene rings is 1. The predicted octanol–water partition coefficient (Wildman–Crippen LogP) is 3.39. The molecule has 7 nitrogen and oxygen atoms in total. The number of ketones is 1. The lowest BCUT2D eigenvalue weighted by atomic mass is 10.1. The number of nitrogens with zero attached hydrogens (tertiary/aromatic N) is 2. The second kappa shape index (κ2) is 8.49. The molecule has 0 saturated heterocycles. The van der Waals surface area contributed by atoms with Gasteiger partial charge in [0.1, 0.15) is 5.65 Å². The van der Waals surface area contributed by atoms with Crippen LogP contribution >= 0.6 is 11.6 Å². The highest BCUT2D eigenvalue weighted by atomic mass is 35.5. The highest BCUT2D eigenvalue weighted by Gasteiger charge is 2.09. The number of carbonyl (C=O) groups is 3. The molecule has 2 heterocycles. The number of rotatable bonds is 6. The van der Waals surface area contributed by atoms with Crippen LogP contribution < -0.4 is 5.32 Å². The van der Waals surface area contributed by atoms with Gasteiger partial charge in [0.2, 0.25) is 0 Å². The number of ether oxygens (including phenoxy) is 1. The van der Waals surface area contributed by atoms with E-state index in [9.17, 15) is 14.4 Å². The van der Waals surface area contributed by atoms with Gasteiger partial charge in [0, 0.05) is 23.5 Å². The van der Waals surface area contributed by atoms with Crippen LogP contribution in [0, 0.1) is 0 Å². The molecule has 0 saturated carbocycles. The molecule has 0 spiro atoms. The van der Waals surface area contributed by atoms with Crippen molar-refractivity contribution < 1.29 is 19.1 Å². The van der Waals surface area contributed by atoms with Crippen LogP contribution in [0.5, 0.6) is 0 Å². The van der Waals surface area contributed by atoms with Crippen molar-refractivity contribution in [2.75, 3.05) is 11.9 Å². The maximum absolute atomic E-state index is 11.9. The van der Waals surface area contributed by atoms with Crippen LogP contribution in [0.1, 0.15) is 23.0 Å². The molecule has 142 valence electrons. The third-order valence-corrected chi connectivity index (χ3v) is 4.10. The number of imidazole rings is 1. The summed E-state index contributed by atoms with van der Waals surface area (Å²) in [7, 11) is 0. The number of nitrogens with one attached hydrogen (secondary N) is 1. The fraction of sp³-hybridized carbons (Fsp3) is 0.100. The largest absolute Gasteiger partial charge is 0.452 e. The van der Waals surface area contributed by atoms with E-state index in [1.165, 1.54) is 19.1 Å². The Labute approximate surface area is 165 Å². The van der Waals surface area contributed by atoms with Crippen molar-refractivity contribution in [1.29, 1.82) is 0 Å². The first kappa shape index (κ1) is 19.3. The van der Waals surface area contributed by atoms with Crippen molar-refractivity contribution >= 4 is 46.7 Å². The number of esters is 1. The Balaban J connectivity index is 1.54. The summed E-state index contributed by atoms with van der Waals surface area (Å²) in [4.78, 5) is 39.1. The lowest BCUT2D eigenvalue weighted by Crippen LogP contribution is -2.20. The van der Waals surface area contributed by atoms with E-state index in [1.54, 1.807) is 40.9 Å². The monoisotopic (exact) mass is 397 g/mol. The normalized spacial score (nSPS) is 10.9. The fourth-order valence-corrected chi connectivity index (χ4v) is 2.69. The van der Waals surface area contributed by atoms with Crippen molar-refractivity contribution in [1.82, 2.24) is 9.38 Å². The molecule has 8 heteroatoms. The predicted molar refractivity (Wildman–Crippen MR) is 105 cm³/mol. The summed E-state index contributed by atoms with van der Waals surface area (Å²) in [5.41, 5.74) is 2.22. The van der Waals surface area contributed by atoms with Gasteiger partial charge in [0.05, 0.1) is 5.69 Å². The number of hydrogen-bond donors (Lipinski definition) is 1. The number of aromatic nitrogens is 2. The average Bonchev–Trinajstić information content (AvgIpc) is 3.00. The van der Waals surface area contributed by atoms with E-state index in [0.29, 0.717) is 22.6 Å². The molecule has 1 aromatic carbocycles. The summed E-state index contributed by atoms with van der Waals surface area (Å²) >= 11 is 6.08. The van der Waals surface area contributed by atoms with E-state index in [4.69, 9.17) is 16.3 Å². The topological polar surface area (TPSA) is 89.8 Å². The van der Waals surface area contributed by atoms with Gasteiger partial charge < -0.3 is 10.1 Å².